The van der Waals surface area contributed by atoms with Crippen LogP contribution in [0.3, 0.4) is 0 Å². The summed E-state index contributed by atoms with van der Waals surface area (Å²) in [6, 6.07) is 5.83. The fraction of sp³-hybridized carbons (Fsp3) is 0.769. The predicted molar refractivity (Wildman–Crippen MR) is 119 cm³/mol. The first kappa shape index (κ1) is 22.6. The van der Waals surface area contributed by atoms with Gasteiger partial charge in [-0.3, -0.25) is 0 Å². The van der Waals surface area contributed by atoms with Gasteiger partial charge in [0.2, 0.25) is 0 Å². The molecule has 3 nitrogen and oxygen atoms in total. The summed E-state index contributed by atoms with van der Waals surface area (Å²) in [6.07, 6.45) is 16.9. The first-order valence-electron chi connectivity index (χ1n) is 12.2. The van der Waals surface area contributed by atoms with Crippen LogP contribution >= 0.6 is 0 Å². The summed E-state index contributed by atoms with van der Waals surface area (Å²) >= 11 is 0. The lowest BCUT2D eigenvalue weighted by atomic mass is 9.81. The minimum Gasteiger partial charge on any atom is -0.508 e. The van der Waals surface area contributed by atoms with E-state index in [9.17, 15) is 5.11 Å². The van der Waals surface area contributed by atoms with Crippen LogP contribution in [0.5, 0.6) is 5.75 Å². The van der Waals surface area contributed by atoms with E-state index in [4.69, 9.17) is 9.47 Å². The van der Waals surface area contributed by atoms with Gasteiger partial charge in [-0.05, 0) is 50.2 Å². The van der Waals surface area contributed by atoms with Crippen LogP contribution in [0.1, 0.15) is 115 Å². The molecule has 29 heavy (non-hydrogen) atoms. The van der Waals surface area contributed by atoms with E-state index in [2.05, 4.69) is 19.9 Å². The maximum Gasteiger partial charge on any atom is 0.121 e. The van der Waals surface area contributed by atoms with E-state index in [1.807, 2.05) is 6.07 Å². The van der Waals surface area contributed by atoms with E-state index in [1.165, 1.54) is 51.4 Å². The molecule has 0 bridgehead atoms. The monoisotopic (exact) mass is 402 g/mol. The van der Waals surface area contributed by atoms with Gasteiger partial charge in [-0.25, -0.2) is 0 Å². The van der Waals surface area contributed by atoms with Crippen LogP contribution in [-0.2, 0) is 22.7 Å². The van der Waals surface area contributed by atoms with Crippen LogP contribution in [0.15, 0.2) is 18.2 Å². The zero-order valence-electron chi connectivity index (χ0n) is 18.8. The molecular formula is C26H42O3. The Morgan fingerprint density at radius 1 is 0.759 bits per heavy atom. The second-order valence-electron chi connectivity index (χ2n) is 9.48. The quantitative estimate of drug-likeness (QED) is 0.442. The van der Waals surface area contributed by atoms with Crippen LogP contribution in [0.4, 0.5) is 0 Å². The minimum atomic E-state index is 0.000210. The molecule has 2 aliphatic rings. The van der Waals surface area contributed by atoms with Gasteiger partial charge in [0.25, 0.3) is 0 Å². The zero-order chi connectivity index (χ0) is 20.6. The van der Waals surface area contributed by atoms with Gasteiger partial charge in [0.1, 0.15) is 5.75 Å². The molecule has 1 aromatic rings. The van der Waals surface area contributed by atoms with Crippen LogP contribution in [0.25, 0.3) is 0 Å². The summed E-state index contributed by atoms with van der Waals surface area (Å²) < 4.78 is 13.2. The molecule has 0 amide bonds. The van der Waals surface area contributed by atoms with Crippen molar-refractivity contribution in [2.24, 2.45) is 0 Å². The molecule has 0 atom stereocenters. The van der Waals surface area contributed by atoms with Crippen molar-refractivity contribution in [2.75, 3.05) is 0 Å². The molecule has 0 unspecified atom stereocenters. The normalized spacial score (nSPS) is 21.2. The van der Waals surface area contributed by atoms with Gasteiger partial charge < -0.3 is 14.6 Å². The molecule has 0 heterocycles. The number of ether oxygens (including phenoxy) is 2. The number of hydrogen-bond donors (Lipinski definition) is 1. The van der Waals surface area contributed by atoms with Crippen molar-refractivity contribution in [1.82, 2.24) is 0 Å². The average Bonchev–Trinajstić information content (AvgIpc) is 2.73. The van der Waals surface area contributed by atoms with Gasteiger partial charge in [0.15, 0.2) is 0 Å². The molecule has 3 rings (SSSR count). The van der Waals surface area contributed by atoms with Crippen LogP contribution in [0.2, 0.25) is 0 Å². The number of phenolic OH excluding ortho intramolecular Hbond substituents is 1. The molecule has 0 spiro atoms. The fourth-order valence-corrected chi connectivity index (χ4v) is 5.62. The molecule has 0 saturated heterocycles. The minimum absolute atomic E-state index is 0.000210. The van der Waals surface area contributed by atoms with Crippen molar-refractivity contribution in [2.45, 2.75) is 128 Å². The molecule has 0 aliphatic heterocycles. The van der Waals surface area contributed by atoms with Gasteiger partial charge in [-0.2, -0.15) is 0 Å². The van der Waals surface area contributed by atoms with E-state index in [1.54, 1.807) is 6.07 Å². The Balaban J connectivity index is 1.69. The van der Waals surface area contributed by atoms with Gasteiger partial charge in [0.05, 0.1) is 24.4 Å². The Labute approximate surface area is 178 Å². The van der Waals surface area contributed by atoms with Gasteiger partial charge in [-0.1, -0.05) is 77.3 Å². The first-order valence-corrected chi connectivity index (χ1v) is 12.2. The number of rotatable bonds is 10. The van der Waals surface area contributed by atoms with Crippen molar-refractivity contribution in [3.63, 3.8) is 0 Å². The van der Waals surface area contributed by atoms with Crippen molar-refractivity contribution >= 4 is 0 Å². The van der Waals surface area contributed by atoms with E-state index in [0.717, 1.165) is 49.7 Å². The predicted octanol–water partition coefficient (Wildman–Crippen LogP) is 7.43. The van der Waals surface area contributed by atoms with Gasteiger partial charge in [0, 0.05) is 5.56 Å². The Kier molecular flexibility index (Phi) is 8.44. The number of phenols is 1. The second kappa shape index (κ2) is 10.8. The summed E-state index contributed by atoms with van der Waals surface area (Å²) in [6.45, 7) is 5.57. The third kappa shape index (κ3) is 5.98. The lowest BCUT2D eigenvalue weighted by Gasteiger charge is -2.38. The molecule has 0 radical (unpaired) electrons. The zero-order valence-corrected chi connectivity index (χ0v) is 18.8. The molecule has 164 valence electrons. The van der Waals surface area contributed by atoms with E-state index in [-0.39, 0.29) is 11.2 Å². The molecule has 1 N–H and O–H groups in total. The highest BCUT2D eigenvalue weighted by molar-refractivity contribution is 5.38. The Morgan fingerprint density at radius 2 is 1.28 bits per heavy atom. The van der Waals surface area contributed by atoms with E-state index >= 15 is 0 Å². The average molecular weight is 403 g/mol. The van der Waals surface area contributed by atoms with Crippen LogP contribution < -0.4 is 0 Å². The molecule has 1 aromatic carbocycles. The molecule has 2 fully saturated rings. The summed E-state index contributed by atoms with van der Waals surface area (Å²) in [5.74, 6) is 0.349. The Bertz CT molecular complexity index is 601. The van der Waals surface area contributed by atoms with E-state index in [0.29, 0.717) is 19.0 Å². The standard InChI is InChI=1S/C26H42O3/c1-3-14-25(16-7-5-8-17-25)28-20-22-12-11-13-24(27)23(22)21-29-26(15-4-2)18-9-6-10-19-26/h11-13,27H,3-10,14-21H2,1-2H3. The van der Waals surface area contributed by atoms with Crippen molar-refractivity contribution in [3.05, 3.63) is 29.3 Å². The lowest BCUT2D eigenvalue weighted by Crippen LogP contribution is -2.35. The maximum absolute atomic E-state index is 10.6. The lowest BCUT2D eigenvalue weighted by molar-refractivity contribution is -0.0932. The highest BCUT2D eigenvalue weighted by atomic mass is 16.5. The van der Waals surface area contributed by atoms with Crippen LogP contribution in [0, 0.1) is 0 Å². The molecule has 2 saturated carbocycles. The Morgan fingerprint density at radius 3 is 1.79 bits per heavy atom. The summed E-state index contributed by atoms with van der Waals surface area (Å²) in [4.78, 5) is 0. The second-order valence-corrected chi connectivity index (χ2v) is 9.48. The topological polar surface area (TPSA) is 38.7 Å². The summed E-state index contributed by atoms with van der Waals surface area (Å²) in [7, 11) is 0. The van der Waals surface area contributed by atoms with Crippen LogP contribution in [-0.4, -0.2) is 16.3 Å². The van der Waals surface area contributed by atoms with E-state index < -0.39 is 0 Å². The smallest absolute Gasteiger partial charge is 0.121 e. The van der Waals surface area contributed by atoms with Crippen molar-refractivity contribution in [1.29, 1.82) is 0 Å². The number of benzene rings is 1. The Hall–Kier alpha value is -1.06. The largest absolute Gasteiger partial charge is 0.508 e. The summed E-state index contributed by atoms with van der Waals surface area (Å²) in [5.41, 5.74) is 2.05. The van der Waals surface area contributed by atoms with Gasteiger partial charge >= 0.3 is 0 Å². The third-order valence-electron chi connectivity index (χ3n) is 7.25. The molecule has 2 aliphatic carbocycles. The third-order valence-corrected chi connectivity index (χ3v) is 7.25. The van der Waals surface area contributed by atoms with Crippen molar-refractivity contribution in [3.8, 4) is 5.75 Å². The molecular weight excluding hydrogens is 360 g/mol. The highest BCUT2D eigenvalue weighted by Crippen LogP contribution is 2.39. The molecule has 3 heteroatoms. The molecule has 0 aromatic heterocycles. The maximum atomic E-state index is 10.6. The summed E-state index contributed by atoms with van der Waals surface area (Å²) in [5, 5.41) is 10.6. The SMILES string of the molecule is CCCC1(OCc2cccc(O)c2COC2(CCC)CCCCC2)CCCCC1. The van der Waals surface area contributed by atoms with Gasteiger partial charge in [-0.15, -0.1) is 0 Å². The first-order chi connectivity index (χ1) is 14.1. The number of hydrogen-bond acceptors (Lipinski definition) is 3. The highest BCUT2D eigenvalue weighted by Gasteiger charge is 2.34. The number of aromatic hydroxyl groups is 1. The fourth-order valence-electron chi connectivity index (χ4n) is 5.62. The van der Waals surface area contributed by atoms with Crippen molar-refractivity contribution < 1.29 is 14.6 Å².